The molecule has 0 fully saturated rings. The zero-order valence-corrected chi connectivity index (χ0v) is 14.6. The predicted octanol–water partition coefficient (Wildman–Crippen LogP) is 4.36. The van der Waals surface area contributed by atoms with E-state index in [1.165, 1.54) is 6.08 Å². The molecular formula is C20H23NO3. The van der Waals surface area contributed by atoms with E-state index in [0.29, 0.717) is 18.1 Å². The van der Waals surface area contributed by atoms with Gasteiger partial charge in [-0.05, 0) is 61.7 Å². The molecule has 0 aromatic heterocycles. The van der Waals surface area contributed by atoms with Gasteiger partial charge in [-0.1, -0.05) is 18.2 Å². The Labute approximate surface area is 143 Å². The molecule has 24 heavy (non-hydrogen) atoms. The normalized spacial score (nSPS) is 10.7. The van der Waals surface area contributed by atoms with Crippen molar-refractivity contribution < 1.29 is 14.3 Å². The van der Waals surface area contributed by atoms with Gasteiger partial charge in [-0.25, -0.2) is 0 Å². The fraction of sp³-hybridized carbons (Fsp3) is 0.250. The van der Waals surface area contributed by atoms with Gasteiger partial charge in [0, 0.05) is 11.8 Å². The highest BCUT2D eigenvalue weighted by molar-refractivity contribution is 6.02. The fourth-order valence-electron chi connectivity index (χ4n) is 2.28. The summed E-state index contributed by atoms with van der Waals surface area (Å²) in [7, 11) is 1.60. The topological polar surface area (TPSA) is 47.6 Å². The van der Waals surface area contributed by atoms with Crippen LogP contribution in [0.3, 0.4) is 0 Å². The summed E-state index contributed by atoms with van der Waals surface area (Å²) in [5.41, 5.74) is 3.84. The molecule has 0 unspecified atom stereocenters. The molecule has 0 radical (unpaired) electrons. The van der Waals surface area contributed by atoms with Crippen molar-refractivity contribution in [1.29, 1.82) is 0 Å². The maximum atomic E-state index is 12.1. The van der Waals surface area contributed by atoms with E-state index >= 15 is 0 Å². The van der Waals surface area contributed by atoms with Gasteiger partial charge >= 0.3 is 0 Å². The minimum Gasteiger partial charge on any atom is -0.493 e. The van der Waals surface area contributed by atoms with Crippen LogP contribution in [0.15, 0.2) is 42.5 Å². The van der Waals surface area contributed by atoms with Crippen molar-refractivity contribution in [1.82, 2.24) is 0 Å². The van der Waals surface area contributed by atoms with Gasteiger partial charge in [-0.15, -0.1) is 0 Å². The molecule has 2 aromatic carbocycles. The number of aryl methyl sites for hydroxylation is 2. The van der Waals surface area contributed by atoms with Crippen LogP contribution in [0.4, 0.5) is 5.69 Å². The van der Waals surface area contributed by atoms with Crippen LogP contribution in [0.5, 0.6) is 11.5 Å². The number of methoxy groups -OCH3 is 1. The van der Waals surface area contributed by atoms with Crippen molar-refractivity contribution >= 4 is 17.7 Å². The standard InChI is InChI=1S/C20H23NO3/c1-5-24-19-13-16(8-10-18(19)23-4)9-11-20(22)21-17-12-14(2)6-7-15(17)3/h6-13H,5H2,1-4H3,(H,21,22)/b11-9+. The van der Waals surface area contributed by atoms with Crippen molar-refractivity contribution in [2.45, 2.75) is 20.8 Å². The maximum Gasteiger partial charge on any atom is 0.248 e. The van der Waals surface area contributed by atoms with E-state index in [9.17, 15) is 4.79 Å². The third kappa shape index (κ3) is 4.62. The number of carbonyl (C=O) groups excluding carboxylic acids is 1. The first-order chi connectivity index (χ1) is 11.5. The van der Waals surface area contributed by atoms with Gasteiger partial charge in [0.25, 0.3) is 0 Å². The van der Waals surface area contributed by atoms with Gasteiger partial charge in [-0.2, -0.15) is 0 Å². The first-order valence-corrected chi connectivity index (χ1v) is 7.90. The lowest BCUT2D eigenvalue weighted by atomic mass is 10.1. The van der Waals surface area contributed by atoms with E-state index in [1.807, 2.05) is 57.2 Å². The summed E-state index contributed by atoms with van der Waals surface area (Å²) < 4.78 is 10.8. The number of nitrogens with one attached hydrogen (secondary N) is 1. The highest BCUT2D eigenvalue weighted by atomic mass is 16.5. The second-order valence-corrected chi connectivity index (χ2v) is 5.48. The number of rotatable bonds is 6. The molecule has 0 aliphatic carbocycles. The van der Waals surface area contributed by atoms with Crippen LogP contribution >= 0.6 is 0 Å². The molecule has 0 heterocycles. The Morgan fingerprint density at radius 3 is 2.62 bits per heavy atom. The fourth-order valence-corrected chi connectivity index (χ4v) is 2.28. The highest BCUT2D eigenvalue weighted by Gasteiger charge is 2.05. The Balaban J connectivity index is 2.11. The van der Waals surface area contributed by atoms with Crippen molar-refractivity contribution in [3.8, 4) is 11.5 Å². The van der Waals surface area contributed by atoms with E-state index in [-0.39, 0.29) is 5.91 Å². The highest BCUT2D eigenvalue weighted by Crippen LogP contribution is 2.28. The minimum atomic E-state index is -0.169. The molecule has 2 rings (SSSR count). The summed E-state index contributed by atoms with van der Waals surface area (Å²) in [6.45, 7) is 6.43. The summed E-state index contributed by atoms with van der Waals surface area (Å²) >= 11 is 0. The van der Waals surface area contributed by atoms with E-state index in [2.05, 4.69) is 5.32 Å². The minimum absolute atomic E-state index is 0.169. The molecule has 4 heteroatoms. The first-order valence-electron chi connectivity index (χ1n) is 7.90. The molecule has 0 aliphatic heterocycles. The molecule has 0 saturated carbocycles. The zero-order valence-electron chi connectivity index (χ0n) is 14.6. The number of carbonyl (C=O) groups is 1. The van der Waals surface area contributed by atoms with Crippen molar-refractivity contribution in [2.75, 3.05) is 19.0 Å². The average molecular weight is 325 g/mol. The lowest BCUT2D eigenvalue weighted by Gasteiger charge is -2.10. The van der Waals surface area contributed by atoms with Crippen LogP contribution in [-0.2, 0) is 4.79 Å². The number of ether oxygens (including phenoxy) is 2. The van der Waals surface area contributed by atoms with Crippen LogP contribution < -0.4 is 14.8 Å². The molecule has 0 saturated heterocycles. The first kappa shape index (κ1) is 17.6. The number of hydrogen-bond donors (Lipinski definition) is 1. The Hall–Kier alpha value is -2.75. The lowest BCUT2D eigenvalue weighted by molar-refractivity contribution is -0.111. The van der Waals surface area contributed by atoms with Gasteiger partial charge in [0.05, 0.1) is 13.7 Å². The smallest absolute Gasteiger partial charge is 0.248 e. The van der Waals surface area contributed by atoms with Crippen molar-refractivity contribution in [3.05, 3.63) is 59.2 Å². The third-order valence-electron chi connectivity index (χ3n) is 3.57. The Morgan fingerprint density at radius 1 is 1.12 bits per heavy atom. The third-order valence-corrected chi connectivity index (χ3v) is 3.57. The Kier molecular flexibility index (Phi) is 6.01. The van der Waals surface area contributed by atoms with Crippen molar-refractivity contribution in [3.63, 3.8) is 0 Å². The van der Waals surface area contributed by atoms with Crippen LogP contribution in [-0.4, -0.2) is 19.6 Å². The monoisotopic (exact) mass is 325 g/mol. The molecule has 126 valence electrons. The van der Waals surface area contributed by atoms with Gasteiger partial charge in [0.15, 0.2) is 11.5 Å². The SMILES string of the molecule is CCOc1cc(/C=C/C(=O)Nc2cc(C)ccc2C)ccc1OC. The maximum absolute atomic E-state index is 12.1. The lowest BCUT2D eigenvalue weighted by Crippen LogP contribution is -2.09. The summed E-state index contributed by atoms with van der Waals surface area (Å²) in [6, 6.07) is 11.5. The van der Waals surface area contributed by atoms with E-state index < -0.39 is 0 Å². The average Bonchev–Trinajstić information content (AvgIpc) is 2.57. The Morgan fingerprint density at radius 2 is 1.92 bits per heavy atom. The quantitative estimate of drug-likeness (QED) is 0.803. The number of amides is 1. The van der Waals surface area contributed by atoms with Gasteiger partial charge in [0.2, 0.25) is 5.91 Å². The second kappa shape index (κ2) is 8.20. The summed E-state index contributed by atoms with van der Waals surface area (Å²) in [4.78, 5) is 12.1. The van der Waals surface area contributed by atoms with Gasteiger partial charge in [0.1, 0.15) is 0 Å². The van der Waals surface area contributed by atoms with Gasteiger partial charge in [-0.3, -0.25) is 4.79 Å². The largest absolute Gasteiger partial charge is 0.493 e. The summed E-state index contributed by atoms with van der Waals surface area (Å²) in [5.74, 6) is 1.17. The predicted molar refractivity (Wildman–Crippen MR) is 97.7 cm³/mol. The molecule has 1 N–H and O–H groups in total. The van der Waals surface area contributed by atoms with E-state index in [1.54, 1.807) is 13.2 Å². The van der Waals surface area contributed by atoms with E-state index in [0.717, 1.165) is 22.4 Å². The molecule has 0 spiro atoms. The van der Waals surface area contributed by atoms with Crippen LogP contribution in [0.25, 0.3) is 6.08 Å². The molecule has 0 bridgehead atoms. The summed E-state index contributed by atoms with van der Waals surface area (Å²) in [5, 5.41) is 2.90. The van der Waals surface area contributed by atoms with Crippen LogP contribution in [0, 0.1) is 13.8 Å². The molecule has 0 atom stereocenters. The zero-order chi connectivity index (χ0) is 17.5. The van der Waals surface area contributed by atoms with Crippen LogP contribution in [0.2, 0.25) is 0 Å². The molecule has 0 aliphatic rings. The Bertz CT molecular complexity index is 751. The second-order valence-electron chi connectivity index (χ2n) is 5.48. The number of benzene rings is 2. The number of anilines is 1. The summed E-state index contributed by atoms with van der Waals surface area (Å²) in [6.07, 6.45) is 3.27. The van der Waals surface area contributed by atoms with E-state index in [4.69, 9.17) is 9.47 Å². The molecule has 2 aromatic rings. The van der Waals surface area contributed by atoms with Crippen molar-refractivity contribution in [2.24, 2.45) is 0 Å². The molecule has 1 amide bonds. The number of hydrogen-bond acceptors (Lipinski definition) is 3. The van der Waals surface area contributed by atoms with Crippen LogP contribution in [0.1, 0.15) is 23.6 Å². The van der Waals surface area contributed by atoms with Gasteiger partial charge < -0.3 is 14.8 Å². The molecule has 4 nitrogen and oxygen atoms in total. The molecular weight excluding hydrogens is 302 g/mol.